The molecule has 0 radical (unpaired) electrons. The Kier molecular flexibility index (Phi) is 8.61. The molecule has 3 aliphatic rings. The van der Waals surface area contributed by atoms with Gasteiger partial charge in [0.1, 0.15) is 17.2 Å². The van der Waals surface area contributed by atoms with Crippen LogP contribution in [0.5, 0.6) is 17.2 Å². The number of aromatic hydroxyl groups is 1. The molecule has 282 valence electrons. The van der Waals surface area contributed by atoms with Crippen molar-refractivity contribution in [2.24, 2.45) is 5.92 Å². The van der Waals surface area contributed by atoms with Crippen LogP contribution >= 0.6 is 23.2 Å². The number of aromatic nitrogens is 3. The molecule has 8 rings (SSSR count). The molecule has 1 saturated heterocycles. The number of carbonyl (C=O) groups is 2. The molecular weight excluding hydrogens is 766 g/mol. The number of ether oxygens (including phenoxy) is 2. The number of allylic oxidation sites excluding steroid dienone is 2. The molecule has 12 nitrogen and oxygen atoms in total. The molecule has 1 aliphatic carbocycles. The van der Waals surface area contributed by atoms with Crippen LogP contribution in [0, 0.1) is 5.92 Å². The minimum Gasteiger partial charge on any atom is -0.508 e. The minimum absolute atomic E-state index is 0.0712. The summed E-state index contributed by atoms with van der Waals surface area (Å²) >= 11 is 12.6. The first kappa shape index (κ1) is 36.1. The number of hydrazine groups is 1. The number of benzene rings is 4. The summed E-state index contributed by atoms with van der Waals surface area (Å²) in [6.45, 7) is -0.191. The van der Waals surface area contributed by atoms with Gasteiger partial charge in [0.05, 0.1) is 47.4 Å². The molecule has 0 bridgehead atoms. The van der Waals surface area contributed by atoms with E-state index < -0.39 is 64.3 Å². The number of imide groups is 1. The molecule has 17 heteroatoms. The normalized spacial score (nSPS) is 21.7. The molecule has 0 spiro atoms. The van der Waals surface area contributed by atoms with Gasteiger partial charge in [-0.15, -0.1) is 13.2 Å². The highest BCUT2D eigenvalue weighted by Gasteiger charge is 2.69. The molecular formula is C38H28Cl2F3N5O7. The number of amides is 2. The van der Waals surface area contributed by atoms with Crippen molar-refractivity contribution in [2.45, 2.75) is 36.7 Å². The van der Waals surface area contributed by atoms with Crippen LogP contribution in [0.1, 0.15) is 29.5 Å². The zero-order valence-electron chi connectivity index (χ0n) is 28.5. The molecule has 55 heavy (non-hydrogen) atoms. The van der Waals surface area contributed by atoms with Crippen molar-refractivity contribution in [3.63, 3.8) is 0 Å². The average Bonchev–Trinajstić information content (AvgIpc) is 3.54. The number of hydrogen-bond acceptors (Lipinski definition) is 8. The number of fused-ring (bicyclic) bond motifs is 4. The number of phenolic OH excluding ortho intramolecular Hbond substituents is 1. The van der Waals surface area contributed by atoms with Gasteiger partial charge < -0.3 is 14.6 Å². The summed E-state index contributed by atoms with van der Waals surface area (Å²) in [5, 5.41) is 12.7. The molecule has 5 aromatic rings. The monoisotopic (exact) mass is 793 g/mol. The van der Waals surface area contributed by atoms with Crippen molar-refractivity contribution in [1.29, 1.82) is 0 Å². The Bertz CT molecular complexity index is 2530. The third-order valence-electron chi connectivity index (χ3n) is 10.4. The summed E-state index contributed by atoms with van der Waals surface area (Å²) in [5.74, 6) is -5.18. The van der Waals surface area contributed by atoms with E-state index in [1.807, 2.05) is 0 Å². The van der Waals surface area contributed by atoms with Gasteiger partial charge in [0, 0.05) is 16.5 Å². The molecule has 3 heterocycles. The molecule has 1 aromatic heterocycles. The topological polar surface area (TPSA) is 137 Å². The van der Waals surface area contributed by atoms with Crippen LogP contribution in [-0.4, -0.2) is 49.3 Å². The fourth-order valence-electron chi connectivity index (χ4n) is 8.21. The Hall–Kier alpha value is -5.93. The molecule has 1 saturated carbocycles. The van der Waals surface area contributed by atoms with Gasteiger partial charge in [-0.3, -0.25) is 15.0 Å². The fraction of sp³-hybridized carbons (Fsp3) is 0.211. The van der Waals surface area contributed by atoms with Crippen molar-refractivity contribution in [3.8, 4) is 22.9 Å². The van der Waals surface area contributed by atoms with Crippen LogP contribution in [0.4, 0.5) is 18.9 Å². The maximum Gasteiger partial charge on any atom is 0.573 e. The maximum atomic E-state index is 15.3. The van der Waals surface area contributed by atoms with Crippen LogP contribution in [0.25, 0.3) is 5.69 Å². The van der Waals surface area contributed by atoms with E-state index in [0.29, 0.717) is 11.3 Å². The minimum atomic E-state index is -5.12. The first-order valence-corrected chi connectivity index (χ1v) is 17.5. The third kappa shape index (κ3) is 5.68. The number of alkyl halides is 3. The van der Waals surface area contributed by atoms with Gasteiger partial charge in [-0.25, -0.2) is 23.5 Å². The highest BCUT2D eigenvalue weighted by molar-refractivity contribution is 6.36. The smallest absolute Gasteiger partial charge is 0.508 e. The van der Waals surface area contributed by atoms with Crippen LogP contribution in [0.15, 0.2) is 112 Å². The lowest BCUT2D eigenvalue weighted by Gasteiger charge is -2.49. The maximum absolute atomic E-state index is 15.3. The molecule has 0 unspecified atom stereocenters. The van der Waals surface area contributed by atoms with Gasteiger partial charge in [0.25, 0.3) is 11.8 Å². The lowest BCUT2D eigenvalue weighted by Crippen LogP contribution is -2.53. The standard InChI is InChI=1S/C38H28Cl2F3N5O7/c1-54-23-10-7-20(8-11-23)37-27(33(50)47(34(37)51)44-29-13-9-21(39)17-28(29)40)19-30-25(32(37)26-18-24(12-14-31(26)49)55-38(41,42)43)15-16-45-35(52)46(36(53)48(30)45)22-5-3-2-4-6-22/h2-15,17-18,27,30,32,44,49H,16,19H2,1H3/t27-,30+,32+,37+/m0/s1. The Balaban J connectivity index is 1.40. The number of methoxy groups -OCH3 is 1. The van der Waals surface area contributed by atoms with Crippen LogP contribution in [0.3, 0.4) is 0 Å². The zero-order valence-corrected chi connectivity index (χ0v) is 30.0. The van der Waals surface area contributed by atoms with E-state index in [4.69, 9.17) is 27.9 Å². The number of phenols is 1. The Morgan fingerprint density at radius 3 is 2.27 bits per heavy atom. The number of carbonyl (C=O) groups excluding carboxylic acids is 2. The molecule has 4 aromatic carbocycles. The third-order valence-corrected chi connectivity index (χ3v) is 10.9. The van der Waals surface area contributed by atoms with Gasteiger partial charge in [-0.05, 0) is 78.2 Å². The van der Waals surface area contributed by atoms with E-state index in [2.05, 4.69) is 10.2 Å². The van der Waals surface area contributed by atoms with E-state index in [0.717, 1.165) is 27.8 Å². The van der Waals surface area contributed by atoms with E-state index in [1.165, 1.54) is 34.7 Å². The Morgan fingerprint density at radius 1 is 0.891 bits per heavy atom. The largest absolute Gasteiger partial charge is 0.573 e. The molecule has 2 N–H and O–H groups in total. The van der Waals surface area contributed by atoms with E-state index in [-0.39, 0.29) is 45.5 Å². The second-order valence-electron chi connectivity index (χ2n) is 13.2. The molecule has 4 atom stereocenters. The summed E-state index contributed by atoms with van der Waals surface area (Å²) in [7, 11) is 1.44. The van der Waals surface area contributed by atoms with Gasteiger partial charge in [0.15, 0.2) is 0 Å². The van der Waals surface area contributed by atoms with Gasteiger partial charge in [-0.2, -0.15) is 5.01 Å². The molecule has 2 amide bonds. The van der Waals surface area contributed by atoms with Gasteiger partial charge in [0.2, 0.25) is 0 Å². The van der Waals surface area contributed by atoms with Crippen LogP contribution < -0.4 is 26.3 Å². The van der Waals surface area contributed by atoms with E-state index in [1.54, 1.807) is 60.7 Å². The summed E-state index contributed by atoms with van der Waals surface area (Å²) in [6, 6.07) is 20.6. The van der Waals surface area contributed by atoms with Crippen LogP contribution in [-0.2, 0) is 21.5 Å². The lowest BCUT2D eigenvalue weighted by molar-refractivity contribution is -0.274. The second kappa shape index (κ2) is 13.1. The summed E-state index contributed by atoms with van der Waals surface area (Å²) in [4.78, 5) is 58.3. The highest BCUT2D eigenvalue weighted by atomic mass is 35.5. The number of para-hydroxylation sites is 1. The SMILES string of the molecule is COc1ccc([C@@]23C(=O)N(Nc4ccc(Cl)cc4Cl)C(=O)[C@@H]2C[C@@H]2C(=CCn4c(=O)n(-c5ccccc5)c(=O)n42)[C@@H]3c2cc(OC(F)(F)F)ccc2O)cc1. The number of nitrogens with one attached hydrogen (secondary N) is 1. The van der Waals surface area contributed by atoms with Crippen molar-refractivity contribution >= 4 is 40.7 Å². The number of nitrogens with zero attached hydrogens (tertiary/aromatic N) is 4. The van der Waals surface area contributed by atoms with E-state index >= 15 is 4.79 Å². The molecule has 2 aliphatic heterocycles. The van der Waals surface area contributed by atoms with E-state index in [9.17, 15) is 32.7 Å². The average molecular weight is 795 g/mol. The predicted molar refractivity (Wildman–Crippen MR) is 194 cm³/mol. The van der Waals surface area contributed by atoms with Crippen molar-refractivity contribution in [2.75, 3.05) is 12.5 Å². The number of halogens is 5. The number of hydrogen-bond donors (Lipinski definition) is 2. The van der Waals surface area contributed by atoms with Gasteiger partial charge >= 0.3 is 17.7 Å². The van der Waals surface area contributed by atoms with Crippen LogP contribution in [0.2, 0.25) is 10.0 Å². The Labute approximate surface area is 319 Å². The summed E-state index contributed by atoms with van der Waals surface area (Å²) < 4.78 is 53.9. The van der Waals surface area contributed by atoms with Gasteiger partial charge in [-0.1, -0.05) is 59.6 Å². The summed E-state index contributed by atoms with van der Waals surface area (Å²) in [5.41, 5.74) is 0.202. The number of anilines is 1. The highest BCUT2D eigenvalue weighted by Crippen LogP contribution is 2.63. The summed E-state index contributed by atoms with van der Waals surface area (Å²) in [6.07, 6.45) is -3.73. The zero-order chi connectivity index (χ0) is 39.0. The van der Waals surface area contributed by atoms with Crippen molar-refractivity contribution in [3.05, 3.63) is 145 Å². The Morgan fingerprint density at radius 2 is 1.60 bits per heavy atom. The van der Waals surface area contributed by atoms with Crippen molar-refractivity contribution in [1.82, 2.24) is 18.9 Å². The lowest BCUT2D eigenvalue weighted by atomic mass is 9.53. The molecule has 2 fully saturated rings. The number of rotatable bonds is 7. The van der Waals surface area contributed by atoms with Crippen molar-refractivity contribution < 1.29 is 37.3 Å². The fourth-order valence-corrected chi connectivity index (χ4v) is 8.66. The first-order valence-electron chi connectivity index (χ1n) is 16.8. The predicted octanol–water partition coefficient (Wildman–Crippen LogP) is 6.34. The quantitative estimate of drug-likeness (QED) is 0.144. The first-order chi connectivity index (χ1) is 26.2. The second-order valence-corrected chi connectivity index (χ2v) is 14.0.